The second-order valence-corrected chi connectivity index (χ2v) is 7.50. The number of thioether (sulfide) groups is 1. The first-order chi connectivity index (χ1) is 11.7. The predicted molar refractivity (Wildman–Crippen MR) is 93.4 cm³/mol. The SMILES string of the molecule is Cc1cnn([C@H]2CCCN(C(=O)[C@@H]3CSc4ccccc4O3)C2)c1. The highest BCUT2D eigenvalue weighted by Crippen LogP contribution is 2.35. The number of carbonyl (C=O) groups excluding carboxylic acids is 1. The van der Waals surface area contributed by atoms with Crippen LogP contribution in [0.2, 0.25) is 0 Å². The number of rotatable bonds is 2. The van der Waals surface area contributed by atoms with E-state index in [-0.39, 0.29) is 18.1 Å². The molecule has 2 atom stereocenters. The van der Waals surface area contributed by atoms with E-state index in [1.165, 1.54) is 0 Å². The van der Waals surface area contributed by atoms with Gasteiger partial charge in [0.1, 0.15) is 5.75 Å². The molecule has 0 radical (unpaired) electrons. The summed E-state index contributed by atoms with van der Waals surface area (Å²) in [5, 5.41) is 4.42. The van der Waals surface area contributed by atoms with Crippen LogP contribution >= 0.6 is 11.8 Å². The molecule has 0 unspecified atom stereocenters. The number of piperidine rings is 1. The quantitative estimate of drug-likeness (QED) is 0.841. The Hall–Kier alpha value is -1.95. The van der Waals surface area contributed by atoms with E-state index in [1.54, 1.807) is 11.8 Å². The van der Waals surface area contributed by atoms with E-state index in [4.69, 9.17) is 4.74 Å². The number of amides is 1. The molecule has 0 spiro atoms. The zero-order valence-corrected chi connectivity index (χ0v) is 14.5. The highest BCUT2D eigenvalue weighted by Gasteiger charge is 2.33. The Kier molecular flexibility index (Phi) is 4.22. The molecule has 126 valence electrons. The van der Waals surface area contributed by atoms with Crippen molar-refractivity contribution in [2.75, 3.05) is 18.8 Å². The highest BCUT2D eigenvalue weighted by atomic mass is 32.2. The molecule has 1 saturated heterocycles. The van der Waals surface area contributed by atoms with Crippen molar-refractivity contribution in [1.82, 2.24) is 14.7 Å². The minimum atomic E-state index is -0.386. The van der Waals surface area contributed by atoms with Crippen molar-refractivity contribution in [3.63, 3.8) is 0 Å². The number of ether oxygens (including phenoxy) is 1. The fraction of sp³-hybridized carbons (Fsp3) is 0.444. The van der Waals surface area contributed by atoms with Gasteiger partial charge in [-0.1, -0.05) is 12.1 Å². The summed E-state index contributed by atoms with van der Waals surface area (Å²) in [4.78, 5) is 16.0. The van der Waals surface area contributed by atoms with Crippen molar-refractivity contribution in [3.8, 4) is 5.75 Å². The Morgan fingerprint density at radius 1 is 1.38 bits per heavy atom. The lowest BCUT2D eigenvalue weighted by atomic mass is 10.1. The molecular weight excluding hydrogens is 322 g/mol. The van der Waals surface area contributed by atoms with Gasteiger partial charge in [0.05, 0.1) is 12.2 Å². The van der Waals surface area contributed by atoms with Crippen LogP contribution in [-0.4, -0.2) is 45.5 Å². The third-order valence-electron chi connectivity index (χ3n) is 4.60. The number of likely N-dealkylation sites (tertiary alicyclic amines) is 1. The molecule has 2 aromatic rings. The zero-order chi connectivity index (χ0) is 16.5. The number of hydrogen-bond donors (Lipinski definition) is 0. The summed E-state index contributed by atoms with van der Waals surface area (Å²) >= 11 is 1.70. The summed E-state index contributed by atoms with van der Waals surface area (Å²) in [5.74, 6) is 1.60. The molecule has 4 rings (SSSR count). The van der Waals surface area contributed by atoms with Crippen LogP contribution in [0, 0.1) is 6.92 Å². The molecule has 0 bridgehead atoms. The monoisotopic (exact) mass is 343 g/mol. The summed E-state index contributed by atoms with van der Waals surface area (Å²) in [6, 6.07) is 8.19. The first-order valence-electron chi connectivity index (χ1n) is 8.39. The Morgan fingerprint density at radius 3 is 3.08 bits per heavy atom. The Morgan fingerprint density at radius 2 is 2.25 bits per heavy atom. The van der Waals surface area contributed by atoms with E-state index in [0.29, 0.717) is 12.3 Å². The van der Waals surface area contributed by atoms with Crippen LogP contribution in [0.15, 0.2) is 41.6 Å². The number of para-hydroxylation sites is 1. The van der Waals surface area contributed by atoms with E-state index in [1.807, 2.05) is 47.0 Å². The Labute approximate surface area is 146 Å². The highest BCUT2D eigenvalue weighted by molar-refractivity contribution is 7.99. The van der Waals surface area contributed by atoms with E-state index in [0.717, 1.165) is 35.6 Å². The molecule has 3 heterocycles. The lowest BCUT2D eigenvalue weighted by Gasteiger charge is -2.36. The third kappa shape index (κ3) is 3.02. The molecule has 1 amide bonds. The molecule has 0 saturated carbocycles. The second kappa shape index (κ2) is 6.51. The van der Waals surface area contributed by atoms with Crippen molar-refractivity contribution >= 4 is 17.7 Å². The summed E-state index contributed by atoms with van der Waals surface area (Å²) in [7, 11) is 0. The molecule has 1 aromatic heterocycles. The number of aryl methyl sites for hydroxylation is 1. The number of aromatic nitrogens is 2. The lowest BCUT2D eigenvalue weighted by molar-refractivity contribution is -0.139. The average molecular weight is 343 g/mol. The van der Waals surface area contributed by atoms with Crippen LogP contribution in [0.1, 0.15) is 24.4 Å². The first-order valence-corrected chi connectivity index (χ1v) is 9.37. The fourth-order valence-corrected chi connectivity index (χ4v) is 4.32. The lowest BCUT2D eigenvalue weighted by Crippen LogP contribution is -2.48. The maximum absolute atomic E-state index is 12.9. The van der Waals surface area contributed by atoms with E-state index in [2.05, 4.69) is 11.3 Å². The van der Waals surface area contributed by atoms with Crippen LogP contribution in [0.3, 0.4) is 0 Å². The van der Waals surface area contributed by atoms with Gasteiger partial charge in [-0.3, -0.25) is 9.48 Å². The normalized spacial score (nSPS) is 23.5. The van der Waals surface area contributed by atoms with Gasteiger partial charge in [-0.15, -0.1) is 11.8 Å². The summed E-state index contributed by atoms with van der Waals surface area (Å²) in [5.41, 5.74) is 1.15. The van der Waals surface area contributed by atoms with Crippen LogP contribution in [0.4, 0.5) is 0 Å². The zero-order valence-electron chi connectivity index (χ0n) is 13.7. The molecular formula is C18H21N3O2S. The molecule has 2 aliphatic rings. The molecule has 1 aromatic carbocycles. The second-order valence-electron chi connectivity index (χ2n) is 6.44. The number of benzene rings is 1. The van der Waals surface area contributed by atoms with Crippen molar-refractivity contribution in [2.24, 2.45) is 0 Å². The van der Waals surface area contributed by atoms with Crippen molar-refractivity contribution in [3.05, 3.63) is 42.2 Å². The van der Waals surface area contributed by atoms with Gasteiger partial charge in [-0.2, -0.15) is 5.10 Å². The number of nitrogens with zero attached hydrogens (tertiary/aromatic N) is 3. The predicted octanol–water partition coefficient (Wildman–Crippen LogP) is 2.91. The van der Waals surface area contributed by atoms with Gasteiger partial charge < -0.3 is 9.64 Å². The smallest absolute Gasteiger partial charge is 0.264 e. The van der Waals surface area contributed by atoms with E-state index >= 15 is 0 Å². The van der Waals surface area contributed by atoms with Gasteiger partial charge >= 0.3 is 0 Å². The van der Waals surface area contributed by atoms with Crippen LogP contribution < -0.4 is 4.74 Å². The maximum Gasteiger partial charge on any atom is 0.264 e. The van der Waals surface area contributed by atoms with E-state index < -0.39 is 0 Å². The fourth-order valence-electron chi connectivity index (χ4n) is 3.35. The molecule has 0 N–H and O–H groups in total. The van der Waals surface area contributed by atoms with Gasteiger partial charge in [0.15, 0.2) is 6.10 Å². The summed E-state index contributed by atoms with van der Waals surface area (Å²) in [6.07, 6.45) is 5.61. The van der Waals surface area contributed by atoms with Gasteiger partial charge in [-0.05, 0) is 37.5 Å². The molecule has 2 aliphatic heterocycles. The van der Waals surface area contributed by atoms with Crippen LogP contribution in [-0.2, 0) is 4.79 Å². The largest absolute Gasteiger partial charge is 0.479 e. The van der Waals surface area contributed by atoms with Gasteiger partial charge in [0.25, 0.3) is 5.91 Å². The molecule has 1 fully saturated rings. The standard InChI is InChI=1S/C18H21N3O2S/c1-13-9-19-21(10-13)14-5-4-8-20(11-14)18(22)16-12-24-17-7-3-2-6-15(17)23-16/h2-3,6-7,9-10,14,16H,4-5,8,11-12H2,1H3/t14-,16-/m0/s1. The Bertz CT molecular complexity index is 745. The van der Waals surface area contributed by atoms with Crippen LogP contribution in [0.25, 0.3) is 0 Å². The van der Waals surface area contributed by atoms with Crippen molar-refractivity contribution in [1.29, 1.82) is 0 Å². The minimum Gasteiger partial charge on any atom is -0.479 e. The van der Waals surface area contributed by atoms with Crippen molar-refractivity contribution < 1.29 is 9.53 Å². The van der Waals surface area contributed by atoms with Gasteiger partial charge in [0, 0.05) is 29.9 Å². The minimum absolute atomic E-state index is 0.102. The van der Waals surface area contributed by atoms with E-state index in [9.17, 15) is 4.79 Å². The van der Waals surface area contributed by atoms with Crippen LogP contribution in [0.5, 0.6) is 5.75 Å². The Balaban J connectivity index is 1.45. The van der Waals surface area contributed by atoms with Gasteiger partial charge in [0.2, 0.25) is 0 Å². The average Bonchev–Trinajstić information content (AvgIpc) is 3.07. The maximum atomic E-state index is 12.9. The first kappa shape index (κ1) is 15.6. The number of fused-ring (bicyclic) bond motifs is 1. The summed E-state index contributed by atoms with van der Waals surface area (Å²) < 4.78 is 7.96. The number of carbonyl (C=O) groups is 1. The van der Waals surface area contributed by atoms with Crippen molar-refractivity contribution in [2.45, 2.75) is 36.8 Å². The topological polar surface area (TPSA) is 47.4 Å². The summed E-state index contributed by atoms with van der Waals surface area (Å²) in [6.45, 7) is 3.56. The third-order valence-corrected chi connectivity index (χ3v) is 5.71. The van der Waals surface area contributed by atoms with Gasteiger partial charge in [-0.25, -0.2) is 0 Å². The number of hydrogen-bond acceptors (Lipinski definition) is 4. The molecule has 6 heteroatoms. The molecule has 5 nitrogen and oxygen atoms in total. The molecule has 24 heavy (non-hydrogen) atoms. The molecule has 0 aliphatic carbocycles.